The minimum absolute atomic E-state index is 0.111. The highest BCUT2D eigenvalue weighted by atomic mass is 19.4. The summed E-state index contributed by atoms with van der Waals surface area (Å²) in [6, 6.07) is 0.795. The van der Waals surface area contributed by atoms with E-state index in [1.54, 1.807) is 6.92 Å². The van der Waals surface area contributed by atoms with Gasteiger partial charge >= 0.3 is 12.1 Å². The van der Waals surface area contributed by atoms with Crippen LogP contribution in [0, 0.1) is 13.8 Å². The van der Waals surface area contributed by atoms with Crippen molar-refractivity contribution in [1.29, 1.82) is 0 Å². The van der Waals surface area contributed by atoms with E-state index in [-0.39, 0.29) is 23.7 Å². The first kappa shape index (κ1) is 16.5. The van der Waals surface area contributed by atoms with Crippen LogP contribution in [0.3, 0.4) is 0 Å². The molecule has 2 heterocycles. The molecule has 0 aromatic carbocycles. The Morgan fingerprint density at radius 1 is 1.48 bits per heavy atom. The van der Waals surface area contributed by atoms with Crippen LogP contribution in [-0.2, 0) is 17.6 Å². The van der Waals surface area contributed by atoms with E-state index >= 15 is 0 Å². The van der Waals surface area contributed by atoms with Gasteiger partial charge in [-0.1, -0.05) is 10.3 Å². The van der Waals surface area contributed by atoms with Gasteiger partial charge in [0.2, 0.25) is 0 Å². The van der Waals surface area contributed by atoms with Gasteiger partial charge in [-0.15, -0.1) is 0 Å². The Labute approximate surface area is 127 Å². The fraction of sp³-hybridized carbons (Fsp3) is 0.333. The first-order chi connectivity index (χ1) is 10.7. The molecule has 0 unspecified atom stereocenters. The summed E-state index contributed by atoms with van der Waals surface area (Å²) in [5.74, 6) is -0.814. The van der Waals surface area contributed by atoms with E-state index in [1.165, 1.54) is 6.92 Å². The fourth-order valence-corrected chi connectivity index (χ4v) is 1.72. The summed E-state index contributed by atoms with van der Waals surface area (Å²) in [6.07, 6.45) is -3.46. The number of aryl methyl sites for hydroxylation is 2. The summed E-state index contributed by atoms with van der Waals surface area (Å²) in [5.41, 5.74) is 4.87. The lowest BCUT2D eigenvalue weighted by molar-refractivity contribution is -0.141. The molecule has 11 heteroatoms. The summed E-state index contributed by atoms with van der Waals surface area (Å²) < 4.78 is 42.9. The fourth-order valence-electron chi connectivity index (χ4n) is 1.72. The zero-order valence-electron chi connectivity index (χ0n) is 12.1. The van der Waals surface area contributed by atoms with Crippen LogP contribution in [-0.4, -0.2) is 26.7 Å². The van der Waals surface area contributed by atoms with Gasteiger partial charge in [-0.25, -0.2) is 4.79 Å². The maximum atomic E-state index is 12.4. The van der Waals surface area contributed by atoms with Gasteiger partial charge in [0.25, 0.3) is 0 Å². The van der Waals surface area contributed by atoms with Crippen molar-refractivity contribution in [3.05, 3.63) is 35.0 Å². The highest BCUT2D eigenvalue weighted by Crippen LogP contribution is 2.27. The van der Waals surface area contributed by atoms with Gasteiger partial charge < -0.3 is 15.1 Å². The molecule has 0 fully saturated rings. The lowest BCUT2D eigenvalue weighted by atomic mass is 10.2. The van der Waals surface area contributed by atoms with E-state index < -0.39 is 17.8 Å². The van der Waals surface area contributed by atoms with Crippen LogP contribution in [0.2, 0.25) is 0 Å². The summed E-state index contributed by atoms with van der Waals surface area (Å²) in [5, 5.41) is 10.2. The van der Waals surface area contributed by atoms with E-state index in [0.717, 1.165) is 16.9 Å². The highest BCUT2D eigenvalue weighted by molar-refractivity contribution is 5.92. The molecule has 2 N–H and O–H groups in total. The Kier molecular flexibility index (Phi) is 4.38. The van der Waals surface area contributed by atoms with Crippen molar-refractivity contribution < 1.29 is 27.3 Å². The first-order valence-electron chi connectivity index (χ1n) is 6.25. The number of nitrogens with zero attached hydrogens (tertiary/aromatic N) is 4. The number of hydrogen-bond donors (Lipinski definition) is 1. The molecule has 0 aliphatic heterocycles. The van der Waals surface area contributed by atoms with Crippen LogP contribution >= 0.6 is 0 Å². The number of carbonyl (C=O) groups excluding carboxylic acids is 1. The van der Waals surface area contributed by atoms with Crippen LogP contribution in [0.4, 0.5) is 13.2 Å². The normalized spacial score (nSPS) is 12.5. The van der Waals surface area contributed by atoms with Gasteiger partial charge in [0, 0.05) is 6.20 Å². The van der Waals surface area contributed by atoms with Crippen LogP contribution < -0.4 is 5.73 Å². The predicted octanol–water partition coefficient (Wildman–Crippen LogP) is 1.64. The van der Waals surface area contributed by atoms with Gasteiger partial charge in [-0.2, -0.15) is 18.3 Å². The third-order valence-corrected chi connectivity index (χ3v) is 2.74. The zero-order valence-corrected chi connectivity index (χ0v) is 12.1. The van der Waals surface area contributed by atoms with E-state index in [1.807, 2.05) is 0 Å². The number of alkyl halides is 3. The second kappa shape index (κ2) is 6.10. The number of halogens is 3. The van der Waals surface area contributed by atoms with E-state index in [4.69, 9.17) is 10.3 Å². The summed E-state index contributed by atoms with van der Waals surface area (Å²) >= 11 is 0. The predicted molar refractivity (Wildman–Crippen MR) is 70.2 cm³/mol. The van der Waals surface area contributed by atoms with Crippen LogP contribution in [0.15, 0.2) is 21.9 Å². The van der Waals surface area contributed by atoms with Crippen molar-refractivity contribution in [3.63, 3.8) is 0 Å². The quantitative estimate of drug-likeness (QED) is 0.395. The molecule has 2 rings (SSSR count). The molecule has 0 bridgehead atoms. The average molecular weight is 331 g/mol. The lowest BCUT2D eigenvalue weighted by Crippen LogP contribution is -2.21. The summed E-state index contributed by atoms with van der Waals surface area (Å²) in [6.45, 7) is 2.79. The van der Waals surface area contributed by atoms with Gasteiger partial charge in [-0.3, -0.25) is 4.68 Å². The van der Waals surface area contributed by atoms with Gasteiger partial charge in [0.05, 0.1) is 5.69 Å². The topological polar surface area (TPSA) is 109 Å². The zero-order chi connectivity index (χ0) is 17.2. The Morgan fingerprint density at radius 3 is 2.70 bits per heavy atom. The molecule has 2 aromatic heterocycles. The van der Waals surface area contributed by atoms with Crippen molar-refractivity contribution in [2.45, 2.75) is 26.6 Å². The van der Waals surface area contributed by atoms with Gasteiger partial charge in [-0.05, 0) is 19.9 Å². The summed E-state index contributed by atoms with van der Waals surface area (Å²) in [4.78, 5) is 16.4. The average Bonchev–Trinajstić information content (AvgIpc) is 3.03. The van der Waals surface area contributed by atoms with E-state index in [0.29, 0.717) is 5.69 Å². The van der Waals surface area contributed by atoms with Gasteiger partial charge in [0.1, 0.15) is 17.9 Å². The first-order valence-corrected chi connectivity index (χ1v) is 6.25. The summed E-state index contributed by atoms with van der Waals surface area (Å²) in [7, 11) is 0. The van der Waals surface area contributed by atoms with Crippen LogP contribution in [0.25, 0.3) is 0 Å². The molecule has 124 valence electrons. The van der Waals surface area contributed by atoms with Crippen molar-refractivity contribution >= 4 is 11.8 Å². The number of nitrogens with two attached hydrogens (primary N) is 1. The molecule has 0 radical (unpaired) electrons. The van der Waals surface area contributed by atoms with Crippen molar-refractivity contribution in [3.8, 4) is 0 Å². The molecular formula is C12H12F3N5O3. The highest BCUT2D eigenvalue weighted by Gasteiger charge is 2.33. The molecule has 0 aliphatic rings. The molecule has 0 saturated carbocycles. The van der Waals surface area contributed by atoms with E-state index in [2.05, 4.69) is 20.2 Å². The second-order valence-electron chi connectivity index (χ2n) is 4.56. The number of aromatic nitrogens is 3. The number of amidine groups is 1. The van der Waals surface area contributed by atoms with Crippen LogP contribution in [0.5, 0.6) is 0 Å². The maximum Gasteiger partial charge on any atom is 0.435 e. The van der Waals surface area contributed by atoms with Crippen molar-refractivity contribution in [2.24, 2.45) is 10.9 Å². The van der Waals surface area contributed by atoms with Crippen LogP contribution in [0.1, 0.15) is 27.5 Å². The number of carbonyl (C=O) groups is 1. The molecule has 0 atom stereocenters. The van der Waals surface area contributed by atoms with Gasteiger partial charge in [0.15, 0.2) is 11.5 Å². The molecule has 23 heavy (non-hydrogen) atoms. The molecule has 0 saturated heterocycles. The smallest absolute Gasteiger partial charge is 0.383 e. The monoisotopic (exact) mass is 331 g/mol. The SMILES string of the molecule is Cc1noc(C)c1C(=O)O/N=C(/N)Cn1ccc(C(F)(F)F)n1. The Balaban J connectivity index is 2.01. The van der Waals surface area contributed by atoms with E-state index in [9.17, 15) is 18.0 Å². The second-order valence-corrected chi connectivity index (χ2v) is 4.56. The molecule has 0 amide bonds. The standard InChI is InChI=1S/C12H12F3N5O3/c1-6-10(7(2)22-18-6)11(21)23-19-9(16)5-20-4-3-8(17-20)12(13,14)15/h3-4H,5H2,1-2H3,(H2,16,19). The Morgan fingerprint density at radius 2 is 2.17 bits per heavy atom. The van der Waals surface area contributed by atoms with Crippen molar-refractivity contribution in [1.82, 2.24) is 14.9 Å². The third-order valence-electron chi connectivity index (χ3n) is 2.74. The number of oxime groups is 1. The molecule has 8 nitrogen and oxygen atoms in total. The van der Waals surface area contributed by atoms with Crippen molar-refractivity contribution in [2.75, 3.05) is 0 Å². The molecule has 0 spiro atoms. The lowest BCUT2D eigenvalue weighted by Gasteiger charge is -2.03. The number of rotatable bonds is 4. The number of hydrogen-bond acceptors (Lipinski definition) is 6. The molecule has 0 aliphatic carbocycles. The minimum Gasteiger partial charge on any atom is -0.383 e. The Hall–Kier alpha value is -2.85. The maximum absolute atomic E-state index is 12.4. The minimum atomic E-state index is -4.55. The largest absolute Gasteiger partial charge is 0.435 e. The third kappa shape index (κ3) is 3.87. The molecular weight excluding hydrogens is 319 g/mol. The Bertz CT molecular complexity index is 728. The molecule has 2 aromatic rings.